The summed E-state index contributed by atoms with van der Waals surface area (Å²) in [6, 6.07) is 2.21. The molecule has 1 rings (SSSR count). The number of halogens is 1. The van der Waals surface area contributed by atoms with Gasteiger partial charge in [0.1, 0.15) is 11.2 Å². The summed E-state index contributed by atoms with van der Waals surface area (Å²) in [5.41, 5.74) is 1.04. The van der Waals surface area contributed by atoms with Gasteiger partial charge in [-0.05, 0) is 24.5 Å². The minimum Gasteiger partial charge on any atom is -0.480 e. The number of nitrogens with zero attached hydrogens (tertiary/aromatic N) is 1. The Labute approximate surface area is 129 Å². The number of hydrogen-bond donors (Lipinski definition) is 2. The molecule has 0 saturated carbocycles. The summed E-state index contributed by atoms with van der Waals surface area (Å²) in [4.78, 5) is 27.5. The average molecular weight is 313 g/mol. The number of carbonyl (C=O) groups excluding carboxylic acids is 1. The van der Waals surface area contributed by atoms with Crippen LogP contribution in [0.5, 0.6) is 0 Å². The van der Waals surface area contributed by atoms with Gasteiger partial charge in [-0.15, -0.1) is 0 Å². The Morgan fingerprint density at radius 1 is 1.38 bits per heavy atom. The summed E-state index contributed by atoms with van der Waals surface area (Å²) in [6.45, 7) is 5.86. The molecule has 6 heteroatoms. The molecule has 0 bridgehead atoms. The number of hydrogen-bond acceptors (Lipinski definition) is 3. The van der Waals surface area contributed by atoms with E-state index in [1.807, 2.05) is 20.8 Å². The molecule has 116 valence electrons. The first-order chi connectivity index (χ1) is 9.85. The second-order valence-electron chi connectivity index (χ2n) is 5.26. The SMILES string of the molecule is CCCCC(NC(=O)c1cc(Cl)nc(C(C)C)c1)C(=O)O. The van der Waals surface area contributed by atoms with Crippen molar-refractivity contribution in [3.63, 3.8) is 0 Å². The van der Waals surface area contributed by atoms with E-state index >= 15 is 0 Å². The van der Waals surface area contributed by atoms with Gasteiger partial charge in [-0.3, -0.25) is 4.79 Å². The van der Waals surface area contributed by atoms with E-state index in [0.717, 1.165) is 12.8 Å². The number of amides is 1. The van der Waals surface area contributed by atoms with E-state index in [1.165, 1.54) is 6.07 Å². The molecule has 0 aliphatic rings. The lowest BCUT2D eigenvalue weighted by Gasteiger charge is -2.15. The minimum atomic E-state index is -1.03. The van der Waals surface area contributed by atoms with E-state index in [2.05, 4.69) is 10.3 Å². The molecule has 1 unspecified atom stereocenters. The second kappa shape index (κ2) is 7.98. The third kappa shape index (κ3) is 5.34. The highest BCUT2D eigenvalue weighted by Gasteiger charge is 2.20. The maximum atomic E-state index is 12.2. The molecule has 0 aliphatic heterocycles. The van der Waals surface area contributed by atoms with Crippen LogP contribution in [0.15, 0.2) is 12.1 Å². The molecule has 0 aliphatic carbocycles. The molecule has 2 N–H and O–H groups in total. The van der Waals surface area contributed by atoms with Crippen molar-refractivity contribution >= 4 is 23.5 Å². The van der Waals surface area contributed by atoms with Crippen LogP contribution in [0.25, 0.3) is 0 Å². The second-order valence-corrected chi connectivity index (χ2v) is 5.65. The van der Waals surface area contributed by atoms with E-state index in [1.54, 1.807) is 6.07 Å². The van der Waals surface area contributed by atoms with E-state index < -0.39 is 17.9 Å². The summed E-state index contributed by atoms with van der Waals surface area (Å²) in [6.07, 6.45) is 2.03. The highest BCUT2D eigenvalue weighted by Crippen LogP contribution is 2.18. The van der Waals surface area contributed by atoms with Crippen molar-refractivity contribution in [2.75, 3.05) is 0 Å². The first-order valence-electron chi connectivity index (χ1n) is 7.06. The predicted octanol–water partition coefficient (Wildman–Crippen LogP) is 3.23. The molecule has 0 fully saturated rings. The lowest BCUT2D eigenvalue weighted by atomic mass is 10.1. The largest absolute Gasteiger partial charge is 0.480 e. The van der Waals surface area contributed by atoms with Crippen molar-refractivity contribution in [1.29, 1.82) is 0 Å². The summed E-state index contributed by atoms with van der Waals surface area (Å²) in [5, 5.41) is 11.9. The predicted molar refractivity (Wildman–Crippen MR) is 81.8 cm³/mol. The van der Waals surface area contributed by atoms with E-state index in [4.69, 9.17) is 16.7 Å². The molecule has 1 atom stereocenters. The van der Waals surface area contributed by atoms with E-state index in [-0.39, 0.29) is 11.1 Å². The van der Waals surface area contributed by atoms with Gasteiger partial charge >= 0.3 is 5.97 Å². The Balaban J connectivity index is 2.89. The number of rotatable bonds is 7. The number of aromatic nitrogens is 1. The Morgan fingerprint density at radius 2 is 2.05 bits per heavy atom. The van der Waals surface area contributed by atoms with Gasteiger partial charge in [0, 0.05) is 11.3 Å². The maximum absolute atomic E-state index is 12.2. The molecule has 0 saturated heterocycles. The van der Waals surface area contributed by atoms with Crippen LogP contribution in [0.1, 0.15) is 62.0 Å². The highest BCUT2D eigenvalue weighted by atomic mass is 35.5. The molecule has 5 nitrogen and oxygen atoms in total. The summed E-state index contributed by atoms with van der Waals surface area (Å²) in [7, 11) is 0. The molecular weight excluding hydrogens is 292 g/mol. The van der Waals surface area contributed by atoms with Crippen LogP contribution >= 0.6 is 11.6 Å². The maximum Gasteiger partial charge on any atom is 0.326 e. The minimum absolute atomic E-state index is 0.130. The van der Waals surface area contributed by atoms with Crippen molar-refractivity contribution in [3.05, 3.63) is 28.5 Å². The van der Waals surface area contributed by atoms with Gasteiger partial charge in [-0.1, -0.05) is 45.2 Å². The number of carboxylic acid groups (broad SMARTS) is 1. The monoisotopic (exact) mass is 312 g/mol. The Hall–Kier alpha value is -1.62. The summed E-state index contributed by atoms with van der Waals surface area (Å²) in [5.74, 6) is -1.34. The molecule has 0 radical (unpaired) electrons. The van der Waals surface area contributed by atoms with Crippen LogP contribution in [-0.4, -0.2) is 28.0 Å². The van der Waals surface area contributed by atoms with Gasteiger partial charge in [-0.25, -0.2) is 9.78 Å². The smallest absolute Gasteiger partial charge is 0.326 e. The number of carboxylic acids is 1. The van der Waals surface area contributed by atoms with Crippen LogP contribution in [0.3, 0.4) is 0 Å². The molecule has 1 heterocycles. The van der Waals surface area contributed by atoms with Crippen molar-refractivity contribution in [3.8, 4) is 0 Å². The van der Waals surface area contributed by atoms with Crippen LogP contribution in [0.4, 0.5) is 0 Å². The van der Waals surface area contributed by atoms with Crippen molar-refractivity contribution in [2.45, 2.75) is 52.0 Å². The van der Waals surface area contributed by atoms with Gasteiger partial charge in [0.2, 0.25) is 0 Å². The number of carbonyl (C=O) groups is 2. The normalized spacial score (nSPS) is 12.2. The van der Waals surface area contributed by atoms with Crippen LogP contribution in [0, 0.1) is 0 Å². The lowest BCUT2D eigenvalue weighted by Crippen LogP contribution is -2.40. The fourth-order valence-electron chi connectivity index (χ4n) is 1.85. The Kier molecular flexibility index (Phi) is 6.62. The third-order valence-corrected chi connectivity index (χ3v) is 3.31. The number of unbranched alkanes of at least 4 members (excludes halogenated alkanes) is 1. The summed E-state index contributed by atoms with van der Waals surface area (Å²) < 4.78 is 0. The highest BCUT2D eigenvalue weighted by molar-refractivity contribution is 6.29. The van der Waals surface area contributed by atoms with Gasteiger partial charge < -0.3 is 10.4 Å². The lowest BCUT2D eigenvalue weighted by molar-refractivity contribution is -0.139. The molecule has 1 aromatic heterocycles. The quantitative estimate of drug-likeness (QED) is 0.758. The van der Waals surface area contributed by atoms with Crippen LogP contribution in [0.2, 0.25) is 5.15 Å². The topological polar surface area (TPSA) is 79.3 Å². The molecule has 1 amide bonds. The molecule has 0 aromatic carbocycles. The zero-order valence-corrected chi connectivity index (χ0v) is 13.3. The van der Waals surface area contributed by atoms with Crippen LogP contribution < -0.4 is 5.32 Å². The number of nitrogens with one attached hydrogen (secondary N) is 1. The standard InChI is InChI=1S/C15H21ClN2O3/c1-4-5-6-11(15(20)21)18-14(19)10-7-12(9(2)3)17-13(16)8-10/h7-9,11H,4-6H2,1-3H3,(H,18,19)(H,20,21). The van der Waals surface area contributed by atoms with E-state index in [9.17, 15) is 9.59 Å². The average Bonchev–Trinajstić information content (AvgIpc) is 2.42. The van der Waals surface area contributed by atoms with Gasteiger partial charge in [0.25, 0.3) is 5.91 Å². The first kappa shape index (κ1) is 17.4. The zero-order chi connectivity index (χ0) is 16.0. The molecule has 0 spiro atoms. The molecule has 1 aromatic rings. The van der Waals surface area contributed by atoms with Crippen LogP contribution in [-0.2, 0) is 4.79 Å². The fraction of sp³-hybridized carbons (Fsp3) is 0.533. The number of aliphatic carboxylic acids is 1. The van der Waals surface area contributed by atoms with E-state index in [0.29, 0.717) is 17.7 Å². The summed E-state index contributed by atoms with van der Waals surface area (Å²) >= 11 is 5.91. The Bertz CT molecular complexity index is 518. The third-order valence-electron chi connectivity index (χ3n) is 3.12. The Morgan fingerprint density at radius 3 is 2.57 bits per heavy atom. The molecular formula is C15H21ClN2O3. The number of pyridine rings is 1. The van der Waals surface area contributed by atoms with Crippen molar-refractivity contribution in [1.82, 2.24) is 10.3 Å². The fourth-order valence-corrected chi connectivity index (χ4v) is 2.07. The zero-order valence-electron chi connectivity index (χ0n) is 12.5. The van der Waals surface area contributed by atoms with Gasteiger partial charge in [0.05, 0.1) is 0 Å². The van der Waals surface area contributed by atoms with Gasteiger partial charge in [-0.2, -0.15) is 0 Å². The first-order valence-corrected chi connectivity index (χ1v) is 7.44. The van der Waals surface area contributed by atoms with Gasteiger partial charge in [0.15, 0.2) is 0 Å². The molecule has 21 heavy (non-hydrogen) atoms. The van der Waals surface area contributed by atoms with Crippen molar-refractivity contribution < 1.29 is 14.7 Å². The van der Waals surface area contributed by atoms with Crippen molar-refractivity contribution in [2.24, 2.45) is 0 Å².